The zero-order valence-corrected chi connectivity index (χ0v) is 14.7. The second-order valence-electron chi connectivity index (χ2n) is 6.21. The lowest BCUT2D eigenvalue weighted by Gasteiger charge is -2.27. The summed E-state index contributed by atoms with van der Waals surface area (Å²) < 4.78 is 0. The molecule has 0 amide bonds. The van der Waals surface area contributed by atoms with Crippen LogP contribution < -0.4 is 10.2 Å². The first-order chi connectivity index (χ1) is 10.3. The van der Waals surface area contributed by atoms with E-state index in [1.807, 2.05) is 17.5 Å². The van der Waals surface area contributed by atoms with Gasteiger partial charge in [0.2, 0.25) is 0 Å². The highest BCUT2D eigenvalue weighted by Crippen LogP contribution is 2.30. The van der Waals surface area contributed by atoms with Crippen molar-refractivity contribution in [3.05, 3.63) is 11.1 Å². The Morgan fingerprint density at radius 1 is 1.14 bits per heavy atom. The van der Waals surface area contributed by atoms with E-state index in [1.54, 1.807) is 0 Å². The molecule has 0 aliphatic heterocycles. The van der Waals surface area contributed by atoms with Gasteiger partial charge in [0.25, 0.3) is 0 Å². The molecule has 1 heterocycles. The van der Waals surface area contributed by atoms with Crippen LogP contribution in [-0.4, -0.2) is 24.6 Å². The summed E-state index contributed by atoms with van der Waals surface area (Å²) in [6, 6.07) is 0. The minimum atomic E-state index is 0.892. The molecule has 0 atom stereocenters. The van der Waals surface area contributed by atoms with Crippen LogP contribution in [0, 0.1) is 11.8 Å². The molecule has 0 unspecified atom stereocenters. The minimum absolute atomic E-state index is 0.892. The maximum atomic E-state index is 4.55. The summed E-state index contributed by atoms with van der Waals surface area (Å²) in [5.41, 5.74) is 0. The lowest BCUT2D eigenvalue weighted by Crippen LogP contribution is -2.25. The molecule has 0 radical (unpaired) electrons. The number of nitrogens with zero attached hydrogens (tertiary/aromatic N) is 2. The van der Waals surface area contributed by atoms with Crippen molar-refractivity contribution in [1.82, 2.24) is 10.3 Å². The normalized spacial score (nSPS) is 22.4. The zero-order chi connectivity index (χ0) is 15.1. The lowest BCUT2D eigenvalue weighted by molar-refractivity contribution is 0.262. The molecule has 1 aromatic heterocycles. The molecule has 3 nitrogen and oxygen atoms in total. The summed E-state index contributed by atoms with van der Waals surface area (Å²) in [7, 11) is 0. The molecule has 1 aliphatic rings. The van der Waals surface area contributed by atoms with Gasteiger partial charge in [0.05, 0.1) is 0 Å². The number of aromatic nitrogens is 1. The highest BCUT2D eigenvalue weighted by Gasteiger charge is 2.19. The molecule has 1 aliphatic carbocycles. The highest BCUT2D eigenvalue weighted by atomic mass is 32.1. The standard InChI is InChI=1S/C17H31N3S/c1-4-14-7-9-15(10-8-14)11-18-12-16-13-19-17(21-16)20(5-2)6-3/h13-15,18H,4-12H2,1-3H3. The third-order valence-corrected chi connectivity index (χ3v) is 5.91. The second-order valence-corrected chi connectivity index (χ2v) is 7.30. The summed E-state index contributed by atoms with van der Waals surface area (Å²) in [5.74, 6) is 1.89. The number of thiazole rings is 1. The van der Waals surface area contributed by atoms with E-state index >= 15 is 0 Å². The van der Waals surface area contributed by atoms with E-state index in [1.165, 1.54) is 48.7 Å². The van der Waals surface area contributed by atoms with E-state index < -0.39 is 0 Å². The molecule has 21 heavy (non-hydrogen) atoms. The first-order valence-electron chi connectivity index (χ1n) is 8.67. The van der Waals surface area contributed by atoms with Gasteiger partial charge in [-0.3, -0.25) is 0 Å². The topological polar surface area (TPSA) is 28.2 Å². The molecular weight excluding hydrogens is 278 g/mol. The molecule has 1 fully saturated rings. The highest BCUT2D eigenvalue weighted by molar-refractivity contribution is 7.15. The Labute approximate surface area is 134 Å². The summed E-state index contributed by atoms with van der Waals surface area (Å²) in [4.78, 5) is 8.23. The lowest BCUT2D eigenvalue weighted by atomic mass is 9.81. The van der Waals surface area contributed by atoms with Crippen LogP contribution in [0.25, 0.3) is 0 Å². The number of rotatable bonds is 8. The number of nitrogens with one attached hydrogen (secondary N) is 1. The van der Waals surface area contributed by atoms with Crippen molar-refractivity contribution in [1.29, 1.82) is 0 Å². The van der Waals surface area contributed by atoms with E-state index in [-0.39, 0.29) is 0 Å². The first-order valence-corrected chi connectivity index (χ1v) is 9.48. The molecule has 120 valence electrons. The third kappa shape index (κ3) is 4.96. The van der Waals surface area contributed by atoms with E-state index in [9.17, 15) is 0 Å². The van der Waals surface area contributed by atoms with E-state index in [0.717, 1.165) is 31.5 Å². The van der Waals surface area contributed by atoms with Gasteiger partial charge in [0.15, 0.2) is 5.13 Å². The maximum Gasteiger partial charge on any atom is 0.185 e. The van der Waals surface area contributed by atoms with Gasteiger partial charge < -0.3 is 10.2 Å². The summed E-state index contributed by atoms with van der Waals surface area (Å²) in [6.07, 6.45) is 9.12. The number of hydrogen-bond donors (Lipinski definition) is 1. The van der Waals surface area contributed by atoms with Crippen molar-refractivity contribution in [2.45, 2.75) is 59.4 Å². The van der Waals surface area contributed by atoms with E-state index in [0.29, 0.717) is 0 Å². The van der Waals surface area contributed by atoms with Crippen LogP contribution >= 0.6 is 11.3 Å². The van der Waals surface area contributed by atoms with Crippen molar-refractivity contribution in [3.63, 3.8) is 0 Å². The molecule has 0 bridgehead atoms. The molecule has 1 aromatic rings. The average Bonchev–Trinajstić information content (AvgIpc) is 2.98. The van der Waals surface area contributed by atoms with Gasteiger partial charge in [-0.05, 0) is 45.1 Å². The Morgan fingerprint density at radius 2 is 1.81 bits per heavy atom. The predicted octanol–water partition coefficient (Wildman–Crippen LogP) is 4.30. The van der Waals surface area contributed by atoms with Crippen LogP contribution in [0.3, 0.4) is 0 Å². The largest absolute Gasteiger partial charge is 0.349 e. The predicted molar refractivity (Wildman–Crippen MR) is 93.1 cm³/mol. The van der Waals surface area contributed by atoms with Crippen LogP contribution in [0.1, 0.15) is 57.8 Å². The molecule has 1 saturated carbocycles. The Kier molecular flexibility index (Phi) is 6.97. The molecule has 0 aromatic carbocycles. The van der Waals surface area contributed by atoms with Crippen molar-refractivity contribution >= 4 is 16.5 Å². The van der Waals surface area contributed by atoms with Gasteiger partial charge in [0.1, 0.15) is 0 Å². The molecule has 1 N–H and O–H groups in total. The minimum Gasteiger partial charge on any atom is -0.349 e. The molecule has 0 spiro atoms. The Hall–Kier alpha value is -0.610. The quantitative estimate of drug-likeness (QED) is 0.776. The summed E-state index contributed by atoms with van der Waals surface area (Å²) >= 11 is 1.83. The van der Waals surface area contributed by atoms with Crippen molar-refractivity contribution < 1.29 is 0 Å². The maximum absolute atomic E-state index is 4.55. The fourth-order valence-corrected chi connectivity index (χ4v) is 4.27. The number of hydrogen-bond acceptors (Lipinski definition) is 4. The van der Waals surface area contributed by atoms with Gasteiger partial charge in [-0.2, -0.15) is 0 Å². The summed E-state index contributed by atoms with van der Waals surface area (Å²) in [5, 5.41) is 4.81. The number of anilines is 1. The smallest absolute Gasteiger partial charge is 0.185 e. The SMILES string of the molecule is CCC1CCC(CNCc2cnc(N(CC)CC)s2)CC1. The Morgan fingerprint density at radius 3 is 2.43 bits per heavy atom. The monoisotopic (exact) mass is 309 g/mol. The summed E-state index contributed by atoms with van der Waals surface area (Å²) in [6.45, 7) is 10.9. The van der Waals surface area contributed by atoms with Crippen LogP contribution in [0.2, 0.25) is 0 Å². The van der Waals surface area contributed by atoms with Crippen LogP contribution in [0.5, 0.6) is 0 Å². The van der Waals surface area contributed by atoms with E-state index in [2.05, 4.69) is 36.0 Å². The van der Waals surface area contributed by atoms with Crippen molar-refractivity contribution in [2.24, 2.45) is 11.8 Å². The van der Waals surface area contributed by atoms with Gasteiger partial charge >= 0.3 is 0 Å². The van der Waals surface area contributed by atoms with Gasteiger partial charge in [0, 0.05) is 30.7 Å². The van der Waals surface area contributed by atoms with Gasteiger partial charge in [-0.1, -0.05) is 26.2 Å². The Bertz CT molecular complexity index is 392. The molecule has 0 saturated heterocycles. The molecule has 2 rings (SSSR count). The first kappa shape index (κ1) is 16.8. The van der Waals surface area contributed by atoms with Gasteiger partial charge in [-0.25, -0.2) is 4.98 Å². The van der Waals surface area contributed by atoms with Crippen LogP contribution in [0.4, 0.5) is 5.13 Å². The average molecular weight is 310 g/mol. The third-order valence-electron chi connectivity index (χ3n) is 4.85. The Balaban J connectivity index is 1.69. The fourth-order valence-electron chi connectivity index (χ4n) is 3.26. The van der Waals surface area contributed by atoms with Crippen molar-refractivity contribution in [2.75, 3.05) is 24.5 Å². The van der Waals surface area contributed by atoms with Crippen LogP contribution in [-0.2, 0) is 6.54 Å². The van der Waals surface area contributed by atoms with Crippen LogP contribution in [0.15, 0.2) is 6.20 Å². The zero-order valence-electron chi connectivity index (χ0n) is 13.9. The molecule has 4 heteroatoms. The fraction of sp³-hybridized carbons (Fsp3) is 0.824. The van der Waals surface area contributed by atoms with Gasteiger partial charge in [-0.15, -0.1) is 11.3 Å². The van der Waals surface area contributed by atoms with E-state index in [4.69, 9.17) is 0 Å². The molecular formula is C17H31N3S. The second kappa shape index (κ2) is 8.74. The van der Waals surface area contributed by atoms with Crippen molar-refractivity contribution in [3.8, 4) is 0 Å².